The summed E-state index contributed by atoms with van der Waals surface area (Å²) in [5.41, 5.74) is 8.01. The summed E-state index contributed by atoms with van der Waals surface area (Å²) in [6.07, 6.45) is 3.03. The SMILES string of the molecule is COCCN[C@H]1CCc2nc(-c3ccccc3C(N)=O)sc2C1. The van der Waals surface area contributed by atoms with Gasteiger partial charge in [-0.05, 0) is 25.3 Å². The van der Waals surface area contributed by atoms with Gasteiger partial charge >= 0.3 is 0 Å². The van der Waals surface area contributed by atoms with Crippen LogP contribution < -0.4 is 11.1 Å². The third-order valence-electron chi connectivity index (χ3n) is 4.10. The molecule has 0 spiro atoms. The molecule has 0 radical (unpaired) electrons. The fraction of sp³-hybridized carbons (Fsp3) is 0.412. The number of hydrogen-bond acceptors (Lipinski definition) is 5. The average Bonchev–Trinajstić information content (AvgIpc) is 2.98. The van der Waals surface area contributed by atoms with Gasteiger partial charge in [0.15, 0.2) is 0 Å². The number of ether oxygens (including phenoxy) is 1. The smallest absolute Gasteiger partial charge is 0.249 e. The number of aromatic nitrogens is 1. The molecule has 0 bridgehead atoms. The topological polar surface area (TPSA) is 77.2 Å². The lowest BCUT2D eigenvalue weighted by atomic mass is 9.97. The largest absolute Gasteiger partial charge is 0.383 e. The Morgan fingerprint density at radius 3 is 3.09 bits per heavy atom. The lowest BCUT2D eigenvalue weighted by molar-refractivity contribution is 0.100. The monoisotopic (exact) mass is 331 g/mol. The summed E-state index contributed by atoms with van der Waals surface area (Å²) in [7, 11) is 1.71. The van der Waals surface area contributed by atoms with E-state index in [1.807, 2.05) is 18.2 Å². The number of nitrogens with two attached hydrogens (primary N) is 1. The zero-order chi connectivity index (χ0) is 16.2. The van der Waals surface area contributed by atoms with Crippen molar-refractivity contribution in [1.82, 2.24) is 10.3 Å². The molecule has 3 N–H and O–H groups in total. The molecule has 5 nitrogen and oxygen atoms in total. The maximum absolute atomic E-state index is 11.6. The zero-order valence-electron chi connectivity index (χ0n) is 13.2. The molecule has 1 aliphatic rings. The first-order valence-corrected chi connectivity index (χ1v) is 8.60. The van der Waals surface area contributed by atoms with Crippen LogP contribution in [0.1, 0.15) is 27.3 Å². The van der Waals surface area contributed by atoms with Gasteiger partial charge in [0.2, 0.25) is 5.91 Å². The molecule has 3 rings (SSSR count). The highest BCUT2D eigenvalue weighted by molar-refractivity contribution is 7.15. The molecule has 1 heterocycles. The molecular weight excluding hydrogens is 310 g/mol. The van der Waals surface area contributed by atoms with Crippen LogP contribution in [0.5, 0.6) is 0 Å². The van der Waals surface area contributed by atoms with Gasteiger partial charge in [0.1, 0.15) is 5.01 Å². The number of primary amides is 1. The number of rotatable bonds is 6. The van der Waals surface area contributed by atoms with E-state index >= 15 is 0 Å². The van der Waals surface area contributed by atoms with Crippen molar-refractivity contribution in [2.45, 2.75) is 25.3 Å². The Balaban J connectivity index is 1.80. The summed E-state index contributed by atoms with van der Waals surface area (Å²) < 4.78 is 5.08. The van der Waals surface area contributed by atoms with E-state index in [1.165, 1.54) is 4.88 Å². The van der Waals surface area contributed by atoms with Gasteiger partial charge < -0.3 is 15.8 Å². The van der Waals surface area contributed by atoms with Gasteiger partial charge in [-0.25, -0.2) is 4.98 Å². The Morgan fingerprint density at radius 1 is 1.48 bits per heavy atom. The van der Waals surface area contributed by atoms with E-state index in [1.54, 1.807) is 24.5 Å². The third kappa shape index (κ3) is 3.60. The van der Waals surface area contributed by atoms with E-state index in [2.05, 4.69) is 5.32 Å². The van der Waals surface area contributed by atoms with Crippen LogP contribution in [0.2, 0.25) is 0 Å². The first kappa shape index (κ1) is 16.1. The second kappa shape index (κ2) is 7.21. The minimum atomic E-state index is -0.409. The number of thiazole rings is 1. The predicted octanol–water partition coefficient (Wildman–Crippen LogP) is 2.00. The van der Waals surface area contributed by atoms with Crippen molar-refractivity contribution in [3.8, 4) is 10.6 Å². The fourth-order valence-corrected chi connectivity index (χ4v) is 4.14. The number of fused-ring (bicyclic) bond motifs is 1. The Labute approximate surface area is 139 Å². The maximum atomic E-state index is 11.6. The molecule has 1 atom stereocenters. The maximum Gasteiger partial charge on any atom is 0.249 e. The summed E-state index contributed by atoms with van der Waals surface area (Å²) in [6.45, 7) is 1.59. The van der Waals surface area contributed by atoms with Gasteiger partial charge in [-0.1, -0.05) is 18.2 Å². The molecule has 6 heteroatoms. The molecule has 0 fully saturated rings. The minimum absolute atomic E-state index is 0.409. The second-order valence-electron chi connectivity index (χ2n) is 5.69. The van der Waals surface area contributed by atoms with Crippen LogP contribution in [0.4, 0.5) is 0 Å². The molecule has 0 unspecified atom stereocenters. The Bertz CT molecular complexity index is 699. The van der Waals surface area contributed by atoms with Gasteiger partial charge in [0.25, 0.3) is 0 Å². The first-order chi connectivity index (χ1) is 11.2. The highest BCUT2D eigenvalue weighted by atomic mass is 32.1. The summed E-state index contributed by atoms with van der Waals surface area (Å²) in [5.74, 6) is -0.409. The Morgan fingerprint density at radius 2 is 2.30 bits per heavy atom. The van der Waals surface area contributed by atoms with Crippen LogP contribution in [-0.2, 0) is 17.6 Å². The molecule has 122 valence electrons. The van der Waals surface area contributed by atoms with Crippen LogP contribution in [0, 0.1) is 0 Å². The molecule has 23 heavy (non-hydrogen) atoms. The lowest BCUT2D eigenvalue weighted by Gasteiger charge is -2.22. The molecule has 1 aliphatic carbocycles. The number of carbonyl (C=O) groups is 1. The Hall–Kier alpha value is -1.76. The van der Waals surface area contributed by atoms with E-state index < -0.39 is 5.91 Å². The number of methoxy groups -OCH3 is 1. The quantitative estimate of drug-likeness (QED) is 0.794. The van der Waals surface area contributed by atoms with Crippen LogP contribution in [0.15, 0.2) is 24.3 Å². The van der Waals surface area contributed by atoms with Gasteiger partial charge in [0, 0.05) is 35.7 Å². The van der Waals surface area contributed by atoms with E-state index in [-0.39, 0.29) is 0 Å². The number of amides is 1. The van der Waals surface area contributed by atoms with Crippen molar-refractivity contribution in [3.63, 3.8) is 0 Å². The number of nitrogens with one attached hydrogen (secondary N) is 1. The molecule has 1 amide bonds. The highest BCUT2D eigenvalue weighted by Gasteiger charge is 2.23. The van der Waals surface area contributed by atoms with E-state index in [0.717, 1.165) is 48.7 Å². The summed E-state index contributed by atoms with van der Waals surface area (Å²) in [4.78, 5) is 17.7. The van der Waals surface area contributed by atoms with Gasteiger partial charge in [-0.2, -0.15) is 0 Å². The standard InChI is InChI=1S/C17H21N3O2S/c1-22-9-8-19-11-6-7-14-15(10-11)23-17(20-14)13-5-3-2-4-12(13)16(18)21/h2-5,11,19H,6-10H2,1H3,(H2,18,21)/t11-/m0/s1. The minimum Gasteiger partial charge on any atom is -0.383 e. The van der Waals surface area contributed by atoms with E-state index in [0.29, 0.717) is 11.6 Å². The zero-order valence-corrected chi connectivity index (χ0v) is 14.0. The van der Waals surface area contributed by atoms with Crippen LogP contribution in [-0.4, -0.2) is 37.2 Å². The molecule has 1 aromatic heterocycles. The fourth-order valence-electron chi connectivity index (χ4n) is 2.91. The van der Waals surface area contributed by atoms with Crippen molar-refractivity contribution in [2.75, 3.05) is 20.3 Å². The summed E-state index contributed by atoms with van der Waals surface area (Å²) in [6, 6.07) is 7.88. The number of benzene rings is 1. The summed E-state index contributed by atoms with van der Waals surface area (Å²) >= 11 is 1.67. The van der Waals surface area contributed by atoms with Crippen molar-refractivity contribution in [3.05, 3.63) is 40.4 Å². The average molecular weight is 331 g/mol. The lowest BCUT2D eigenvalue weighted by Crippen LogP contribution is -2.36. The summed E-state index contributed by atoms with van der Waals surface area (Å²) in [5, 5.41) is 4.41. The van der Waals surface area contributed by atoms with Gasteiger partial charge in [-0.3, -0.25) is 4.79 Å². The highest BCUT2D eigenvalue weighted by Crippen LogP contribution is 2.34. The van der Waals surface area contributed by atoms with Crippen molar-refractivity contribution < 1.29 is 9.53 Å². The number of carbonyl (C=O) groups excluding carboxylic acids is 1. The molecule has 0 saturated carbocycles. The van der Waals surface area contributed by atoms with E-state index in [4.69, 9.17) is 15.5 Å². The van der Waals surface area contributed by atoms with Crippen LogP contribution in [0.25, 0.3) is 10.6 Å². The van der Waals surface area contributed by atoms with E-state index in [9.17, 15) is 4.79 Å². The normalized spacial score (nSPS) is 17.0. The number of aryl methyl sites for hydroxylation is 1. The number of nitrogens with zero attached hydrogens (tertiary/aromatic N) is 1. The predicted molar refractivity (Wildman–Crippen MR) is 91.8 cm³/mol. The van der Waals surface area contributed by atoms with Crippen molar-refractivity contribution in [2.24, 2.45) is 5.73 Å². The number of hydrogen-bond donors (Lipinski definition) is 2. The molecule has 1 aromatic carbocycles. The second-order valence-corrected chi connectivity index (χ2v) is 6.77. The molecule has 0 saturated heterocycles. The van der Waals surface area contributed by atoms with Crippen LogP contribution in [0.3, 0.4) is 0 Å². The van der Waals surface area contributed by atoms with Crippen LogP contribution >= 0.6 is 11.3 Å². The molecular formula is C17H21N3O2S. The third-order valence-corrected chi connectivity index (χ3v) is 5.26. The Kier molecular flexibility index (Phi) is 5.05. The van der Waals surface area contributed by atoms with Gasteiger partial charge in [-0.15, -0.1) is 11.3 Å². The first-order valence-electron chi connectivity index (χ1n) is 7.79. The van der Waals surface area contributed by atoms with Crippen molar-refractivity contribution in [1.29, 1.82) is 0 Å². The van der Waals surface area contributed by atoms with Crippen molar-refractivity contribution >= 4 is 17.2 Å². The molecule has 2 aromatic rings. The van der Waals surface area contributed by atoms with Gasteiger partial charge in [0.05, 0.1) is 12.3 Å². The molecule has 0 aliphatic heterocycles.